The summed E-state index contributed by atoms with van der Waals surface area (Å²) in [6, 6.07) is 0.549. The fraction of sp³-hybridized carbons (Fsp3) is 1.00. The van der Waals surface area contributed by atoms with E-state index in [9.17, 15) is 8.42 Å². The molecular formula is C10H23N3O2S. The third-order valence-electron chi connectivity index (χ3n) is 3.06. The summed E-state index contributed by atoms with van der Waals surface area (Å²) in [7, 11) is -3.21. The molecule has 0 amide bonds. The third kappa shape index (κ3) is 4.01. The molecule has 96 valence electrons. The highest BCUT2D eigenvalue weighted by Gasteiger charge is 2.27. The van der Waals surface area contributed by atoms with E-state index >= 15 is 0 Å². The van der Waals surface area contributed by atoms with Gasteiger partial charge in [-0.2, -0.15) is 0 Å². The van der Waals surface area contributed by atoms with Crippen molar-refractivity contribution in [1.82, 2.24) is 9.84 Å². The van der Waals surface area contributed by atoms with Crippen molar-refractivity contribution < 1.29 is 8.42 Å². The minimum atomic E-state index is -3.21. The Balaban J connectivity index is 2.56. The molecule has 5 nitrogen and oxygen atoms in total. The average molecular weight is 249 g/mol. The smallest absolute Gasteiger partial charge is 0.224 e. The van der Waals surface area contributed by atoms with Crippen LogP contribution in [0.5, 0.6) is 0 Å². The summed E-state index contributed by atoms with van der Waals surface area (Å²) in [6.07, 6.45) is 3.77. The minimum Gasteiger partial charge on any atom is -0.330 e. The summed E-state index contributed by atoms with van der Waals surface area (Å²) >= 11 is 0. The zero-order chi connectivity index (χ0) is 12.2. The van der Waals surface area contributed by atoms with Gasteiger partial charge in [0.25, 0.3) is 0 Å². The van der Waals surface area contributed by atoms with E-state index in [4.69, 9.17) is 5.73 Å². The van der Waals surface area contributed by atoms with E-state index in [1.807, 2.05) is 5.01 Å². The van der Waals surface area contributed by atoms with Crippen LogP contribution < -0.4 is 10.6 Å². The van der Waals surface area contributed by atoms with Crippen molar-refractivity contribution in [2.45, 2.75) is 51.6 Å². The Hall–Kier alpha value is -0.170. The number of nitrogens with two attached hydrogens (primary N) is 1. The number of hydrogen-bond acceptors (Lipinski definition) is 4. The fourth-order valence-corrected chi connectivity index (χ4v) is 3.40. The first-order valence-electron chi connectivity index (χ1n) is 5.95. The fourth-order valence-electron chi connectivity index (χ4n) is 2.08. The summed E-state index contributed by atoms with van der Waals surface area (Å²) in [5.74, 6) is 0.111. The van der Waals surface area contributed by atoms with Crippen molar-refractivity contribution in [2.24, 2.45) is 5.73 Å². The summed E-state index contributed by atoms with van der Waals surface area (Å²) in [5.41, 5.74) is 5.32. The van der Waals surface area contributed by atoms with Crippen LogP contribution in [-0.2, 0) is 10.0 Å². The van der Waals surface area contributed by atoms with Crippen molar-refractivity contribution >= 4 is 10.0 Å². The average Bonchev–Trinajstić information content (AvgIpc) is 2.21. The third-order valence-corrected chi connectivity index (χ3v) is 4.37. The maximum absolute atomic E-state index is 11.7. The number of hydrogen-bond donors (Lipinski definition) is 2. The molecule has 0 aliphatic carbocycles. The van der Waals surface area contributed by atoms with Crippen LogP contribution in [0.15, 0.2) is 0 Å². The van der Waals surface area contributed by atoms with Crippen LogP contribution in [-0.4, -0.2) is 37.8 Å². The second-order valence-electron chi connectivity index (χ2n) is 4.59. The Bertz CT molecular complexity index is 295. The van der Waals surface area contributed by atoms with Gasteiger partial charge in [0.05, 0.1) is 5.75 Å². The van der Waals surface area contributed by atoms with Crippen molar-refractivity contribution in [3.63, 3.8) is 0 Å². The van der Waals surface area contributed by atoms with Gasteiger partial charge in [-0.15, -0.1) is 4.83 Å². The van der Waals surface area contributed by atoms with Crippen molar-refractivity contribution in [2.75, 3.05) is 12.3 Å². The quantitative estimate of drug-likeness (QED) is 0.741. The van der Waals surface area contributed by atoms with Crippen molar-refractivity contribution in [3.8, 4) is 0 Å². The molecule has 6 heteroatoms. The Kier molecular flexibility index (Phi) is 5.17. The summed E-state index contributed by atoms with van der Waals surface area (Å²) in [6.45, 7) is 4.52. The van der Waals surface area contributed by atoms with Crippen molar-refractivity contribution in [1.29, 1.82) is 0 Å². The van der Waals surface area contributed by atoms with Crippen LogP contribution in [0.25, 0.3) is 0 Å². The molecule has 0 radical (unpaired) electrons. The molecule has 2 unspecified atom stereocenters. The highest BCUT2D eigenvalue weighted by molar-refractivity contribution is 7.89. The van der Waals surface area contributed by atoms with Gasteiger partial charge in [0.1, 0.15) is 0 Å². The molecule has 1 fully saturated rings. The van der Waals surface area contributed by atoms with E-state index in [0.717, 1.165) is 12.8 Å². The monoisotopic (exact) mass is 249 g/mol. The summed E-state index contributed by atoms with van der Waals surface area (Å²) < 4.78 is 23.5. The van der Waals surface area contributed by atoms with Gasteiger partial charge >= 0.3 is 0 Å². The summed E-state index contributed by atoms with van der Waals surface area (Å²) in [4.78, 5) is 2.68. The number of hydrazine groups is 1. The Morgan fingerprint density at radius 3 is 2.38 bits per heavy atom. The molecule has 2 atom stereocenters. The number of sulfonamides is 1. The predicted octanol–water partition coefficient (Wildman–Crippen LogP) is 0.433. The van der Waals surface area contributed by atoms with E-state index in [0.29, 0.717) is 13.0 Å². The van der Waals surface area contributed by atoms with Crippen LogP contribution in [0.1, 0.15) is 39.5 Å². The molecule has 16 heavy (non-hydrogen) atoms. The largest absolute Gasteiger partial charge is 0.330 e. The zero-order valence-corrected chi connectivity index (χ0v) is 11.0. The second-order valence-corrected chi connectivity index (χ2v) is 6.41. The topological polar surface area (TPSA) is 75.4 Å². The van der Waals surface area contributed by atoms with Gasteiger partial charge in [-0.25, -0.2) is 13.4 Å². The molecule has 0 aromatic rings. The highest BCUT2D eigenvalue weighted by atomic mass is 32.2. The normalized spacial score (nSPS) is 28.2. The van der Waals surface area contributed by atoms with Gasteiger partial charge in [0, 0.05) is 12.1 Å². The van der Waals surface area contributed by atoms with Crippen LogP contribution in [0.2, 0.25) is 0 Å². The molecule has 3 N–H and O–H groups in total. The first-order valence-corrected chi connectivity index (χ1v) is 7.60. The molecule has 0 saturated carbocycles. The van der Waals surface area contributed by atoms with Gasteiger partial charge in [0.2, 0.25) is 10.0 Å². The van der Waals surface area contributed by atoms with Gasteiger partial charge in [0.15, 0.2) is 0 Å². The molecular weight excluding hydrogens is 226 g/mol. The van der Waals surface area contributed by atoms with E-state index < -0.39 is 10.0 Å². The molecule has 0 bridgehead atoms. The number of nitrogens with zero attached hydrogens (tertiary/aromatic N) is 1. The highest BCUT2D eigenvalue weighted by Crippen LogP contribution is 2.20. The van der Waals surface area contributed by atoms with Crippen LogP contribution in [0.4, 0.5) is 0 Å². The molecule has 0 aromatic carbocycles. The predicted molar refractivity (Wildman–Crippen MR) is 65.2 cm³/mol. The SMILES string of the molecule is CC1CCCC(C)N1NS(=O)(=O)CCCN. The first-order chi connectivity index (χ1) is 7.46. The Morgan fingerprint density at radius 2 is 1.88 bits per heavy atom. The zero-order valence-electron chi connectivity index (χ0n) is 10.1. The molecule has 0 spiro atoms. The Labute approximate surface area is 98.4 Å². The lowest BCUT2D eigenvalue weighted by molar-refractivity contribution is 0.0790. The van der Waals surface area contributed by atoms with Crippen molar-refractivity contribution in [3.05, 3.63) is 0 Å². The number of rotatable bonds is 5. The standard InChI is InChI=1S/C10H23N3O2S/c1-9-5-3-6-10(2)13(9)12-16(14,15)8-4-7-11/h9-10,12H,3-8,11H2,1-2H3. The first kappa shape index (κ1) is 13.9. The lowest BCUT2D eigenvalue weighted by Gasteiger charge is -2.38. The van der Waals surface area contributed by atoms with E-state index in [2.05, 4.69) is 18.7 Å². The molecule has 1 heterocycles. The second kappa shape index (κ2) is 5.95. The lowest BCUT2D eigenvalue weighted by atomic mass is 10.0. The van der Waals surface area contributed by atoms with E-state index in [-0.39, 0.29) is 17.8 Å². The van der Waals surface area contributed by atoms with Gasteiger partial charge in [-0.3, -0.25) is 0 Å². The molecule has 1 saturated heterocycles. The maximum atomic E-state index is 11.7. The van der Waals surface area contributed by atoms with Crippen LogP contribution >= 0.6 is 0 Å². The molecule has 1 aliphatic rings. The number of nitrogens with one attached hydrogen (secondary N) is 1. The number of piperidine rings is 1. The van der Waals surface area contributed by atoms with Crippen LogP contribution in [0.3, 0.4) is 0 Å². The lowest BCUT2D eigenvalue weighted by Crippen LogP contribution is -2.54. The molecule has 1 aliphatic heterocycles. The van der Waals surface area contributed by atoms with E-state index in [1.54, 1.807) is 0 Å². The van der Waals surface area contributed by atoms with Crippen LogP contribution in [0, 0.1) is 0 Å². The van der Waals surface area contributed by atoms with Gasteiger partial charge < -0.3 is 5.73 Å². The van der Waals surface area contributed by atoms with Gasteiger partial charge in [-0.05, 0) is 39.7 Å². The summed E-state index contributed by atoms with van der Waals surface area (Å²) in [5, 5.41) is 1.87. The van der Waals surface area contributed by atoms with E-state index in [1.165, 1.54) is 6.42 Å². The molecule has 0 aromatic heterocycles. The minimum absolute atomic E-state index is 0.111. The van der Waals surface area contributed by atoms with Gasteiger partial charge in [-0.1, -0.05) is 6.42 Å². The Morgan fingerprint density at radius 1 is 1.31 bits per heavy atom. The molecule has 1 rings (SSSR count). The maximum Gasteiger partial charge on any atom is 0.224 e.